The van der Waals surface area contributed by atoms with Crippen molar-refractivity contribution in [3.8, 4) is 5.69 Å². The molecule has 28 heavy (non-hydrogen) atoms. The van der Waals surface area contributed by atoms with Crippen molar-refractivity contribution >= 4 is 39.3 Å². The molecule has 0 radical (unpaired) electrons. The van der Waals surface area contributed by atoms with Crippen LogP contribution in [0.3, 0.4) is 0 Å². The van der Waals surface area contributed by atoms with Crippen LogP contribution in [0.25, 0.3) is 5.69 Å². The van der Waals surface area contributed by atoms with Crippen LogP contribution >= 0.6 is 27.5 Å². The summed E-state index contributed by atoms with van der Waals surface area (Å²) in [5, 5.41) is 5.02. The minimum absolute atomic E-state index is 0.137. The number of amides is 1. The first-order valence-electron chi connectivity index (χ1n) is 8.67. The normalized spacial score (nSPS) is 14.4. The van der Waals surface area contributed by atoms with Crippen molar-refractivity contribution in [2.45, 2.75) is 0 Å². The highest BCUT2D eigenvalue weighted by Gasteiger charge is 2.25. The Hall–Kier alpha value is -2.58. The predicted octanol–water partition coefficient (Wildman–Crippen LogP) is 3.20. The molecule has 0 atom stereocenters. The lowest BCUT2D eigenvalue weighted by molar-refractivity contribution is 0.0713. The molecule has 7 nitrogen and oxygen atoms in total. The minimum atomic E-state index is -0.233. The SMILES string of the molecule is O=C(c1ccc(Br)o1)N1CCN(c2ccc(=O)n(-c3cccc(Cl)c3)n2)CC1. The van der Waals surface area contributed by atoms with Crippen molar-refractivity contribution in [3.63, 3.8) is 0 Å². The van der Waals surface area contributed by atoms with E-state index in [-0.39, 0.29) is 11.5 Å². The monoisotopic (exact) mass is 462 g/mol. The van der Waals surface area contributed by atoms with Gasteiger partial charge in [0.05, 0.1) is 5.69 Å². The van der Waals surface area contributed by atoms with E-state index in [1.165, 1.54) is 10.7 Å². The Bertz CT molecular complexity index is 1070. The molecule has 1 fully saturated rings. The summed E-state index contributed by atoms with van der Waals surface area (Å²) in [6, 6.07) is 13.5. The third-order valence-electron chi connectivity index (χ3n) is 4.51. The van der Waals surface area contributed by atoms with Gasteiger partial charge in [0.15, 0.2) is 10.4 Å². The van der Waals surface area contributed by atoms with E-state index in [1.807, 2.05) is 4.90 Å². The minimum Gasteiger partial charge on any atom is -0.444 e. The average molecular weight is 464 g/mol. The number of nitrogens with zero attached hydrogens (tertiary/aromatic N) is 4. The van der Waals surface area contributed by atoms with Crippen LogP contribution in [-0.4, -0.2) is 46.8 Å². The van der Waals surface area contributed by atoms with Crippen molar-refractivity contribution in [1.29, 1.82) is 0 Å². The Labute approximate surface area is 174 Å². The number of hydrogen-bond donors (Lipinski definition) is 0. The number of anilines is 1. The maximum atomic E-state index is 12.5. The maximum Gasteiger partial charge on any atom is 0.289 e. The summed E-state index contributed by atoms with van der Waals surface area (Å²) in [4.78, 5) is 28.5. The van der Waals surface area contributed by atoms with Gasteiger partial charge in [0, 0.05) is 37.3 Å². The van der Waals surface area contributed by atoms with Crippen molar-refractivity contribution in [2.75, 3.05) is 31.1 Å². The van der Waals surface area contributed by atoms with Crippen LogP contribution in [0, 0.1) is 0 Å². The van der Waals surface area contributed by atoms with Gasteiger partial charge < -0.3 is 14.2 Å². The standard InChI is InChI=1S/C19H16BrClN4O3/c20-16-5-4-15(28-16)19(27)24-10-8-23(9-11-24)17-6-7-18(26)25(22-17)14-3-1-2-13(21)12-14/h1-7,12H,8-11H2. The number of piperazine rings is 1. The fourth-order valence-corrected chi connectivity index (χ4v) is 3.58. The lowest BCUT2D eigenvalue weighted by Crippen LogP contribution is -2.49. The van der Waals surface area contributed by atoms with Gasteiger partial charge in [0.2, 0.25) is 0 Å². The summed E-state index contributed by atoms with van der Waals surface area (Å²) in [5.41, 5.74) is 0.375. The smallest absolute Gasteiger partial charge is 0.289 e. The Balaban J connectivity index is 1.50. The van der Waals surface area contributed by atoms with Crippen molar-refractivity contribution in [2.24, 2.45) is 0 Å². The Morgan fingerprint density at radius 3 is 2.54 bits per heavy atom. The largest absolute Gasteiger partial charge is 0.444 e. The molecule has 1 amide bonds. The molecule has 1 aliphatic heterocycles. The molecule has 0 N–H and O–H groups in total. The molecule has 1 aliphatic rings. The van der Waals surface area contributed by atoms with Gasteiger partial charge in [-0.25, -0.2) is 0 Å². The molecular formula is C19H16BrClN4O3. The van der Waals surface area contributed by atoms with Crippen molar-refractivity contribution in [1.82, 2.24) is 14.7 Å². The zero-order valence-corrected chi connectivity index (χ0v) is 17.1. The Morgan fingerprint density at radius 1 is 1.07 bits per heavy atom. The number of aromatic nitrogens is 2. The quantitative estimate of drug-likeness (QED) is 0.596. The lowest BCUT2D eigenvalue weighted by atomic mass is 10.2. The van der Waals surface area contributed by atoms with Gasteiger partial charge >= 0.3 is 0 Å². The summed E-state index contributed by atoms with van der Waals surface area (Å²) < 4.78 is 7.21. The highest BCUT2D eigenvalue weighted by Crippen LogP contribution is 2.19. The molecular weight excluding hydrogens is 448 g/mol. The number of carbonyl (C=O) groups is 1. The fraction of sp³-hybridized carbons (Fsp3) is 0.211. The van der Waals surface area contributed by atoms with Gasteiger partial charge in [-0.1, -0.05) is 17.7 Å². The lowest BCUT2D eigenvalue weighted by Gasteiger charge is -2.35. The second kappa shape index (κ2) is 7.81. The number of benzene rings is 1. The van der Waals surface area contributed by atoms with Crippen LogP contribution in [0.5, 0.6) is 0 Å². The first-order valence-corrected chi connectivity index (χ1v) is 9.84. The first kappa shape index (κ1) is 18.8. The molecule has 3 aromatic rings. The van der Waals surface area contributed by atoms with E-state index < -0.39 is 0 Å². The van der Waals surface area contributed by atoms with E-state index in [4.69, 9.17) is 16.0 Å². The Morgan fingerprint density at radius 2 is 1.86 bits per heavy atom. The molecule has 0 spiro atoms. The van der Waals surface area contributed by atoms with Crippen molar-refractivity contribution in [3.05, 3.63) is 74.3 Å². The average Bonchev–Trinajstić information content (AvgIpc) is 3.14. The molecule has 0 bridgehead atoms. The summed E-state index contributed by atoms with van der Waals surface area (Å²) in [7, 11) is 0. The molecule has 1 saturated heterocycles. The first-order chi connectivity index (χ1) is 13.5. The van der Waals surface area contributed by atoms with Crippen LogP contribution in [0.15, 0.2) is 62.4 Å². The molecule has 0 unspecified atom stereocenters. The van der Waals surface area contributed by atoms with Gasteiger partial charge in [0.1, 0.15) is 5.82 Å². The van der Waals surface area contributed by atoms with Gasteiger partial charge in [-0.15, -0.1) is 5.10 Å². The molecule has 144 valence electrons. The maximum absolute atomic E-state index is 12.5. The fourth-order valence-electron chi connectivity index (χ4n) is 3.09. The molecule has 9 heteroatoms. The number of carbonyl (C=O) groups excluding carboxylic acids is 1. The van der Waals surface area contributed by atoms with E-state index in [1.54, 1.807) is 47.4 Å². The second-order valence-corrected chi connectivity index (χ2v) is 7.52. The van der Waals surface area contributed by atoms with E-state index in [2.05, 4.69) is 21.0 Å². The highest BCUT2D eigenvalue weighted by molar-refractivity contribution is 9.10. The van der Waals surface area contributed by atoms with E-state index in [0.29, 0.717) is 53.1 Å². The Kier molecular flexibility index (Phi) is 5.23. The van der Waals surface area contributed by atoms with Crippen LogP contribution in [0.4, 0.5) is 5.82 Å². The highest BCUT2D eigenvalue weighted by atomic mass is 79.9. The topological polar surface area (TPSA) is 71.6 Å². The number of rotatable bonds is 3. The number of furan rings is 1. The zero-order valence-electron chi connectivity index (χ0n) is 14.7. The summed E-state index contributed by atoms with van der Waals surface area (Å²) in [6.07, 6.45) is 0. The summed E-state index contributed by atoms with van der Waals surface area (Å²) in [6.45, 7) is 2.28. The molecule has 0 saturated carbocycles. The third kappa shape index (κ3) is 3.83. The molecule has 0 aliphatic carbocycles. The summed E-state index contributed by atoms with van der Waals surface area (Å²) in [5.74, 6) is 0.850. The van der Waals surface area contributed by atoms with E-state index in [0.717, 1.165) is 0 Å². The molecule has 1 aromatic carbocycles. The third-order valence-corrected chi connectivity index (χ3v) is 5.18. The number of hydrogen-bond acceptors (Lipinski definition) is 5. The molecule has 4 rings (SSSR count). The zero-order chi connectivity index (χ0) is 19.7. The van der Waals surface area contributed by atoms with Gasteiger partial charge in [-0.05, 0) is 52.3 Å². The van der Waals surface area contributed by atoms with Gasteiger partial charge in [-0.2, -0.15) is 4.68 Å². The van der Waals surface area contributed by atoms with Crippen LogP contribution in [-0.2, 0) is 0 Å². The predicted molar refractivity (Wildman–Crippen MR) is 109 cm³/mol. The van der Waals surface area contributed by atoms with E-state index in [9.17, 15) is 9.59 Å². The van der Waals surface area contributed by atoms with E-state index >= 15 is 0 Å². The van der Waals surface area contributed by atoms with Gasteiger partial charge in [0.25, 0.3) is 11.5 Å². The van der Waals surface area contributed by atoms with Crippen LogP contribution in [0.2, 0.25) is 5.02 Å². The van der Waals surface area contributed by atoms with Gasteiger partial charge in [-0.3, -0.25) is 9.59 Å². The molecule has 3 heterocycles. The van der Waals surface area contributed by atoms with Crippen LogP contribution < -0.4 is 10.5 Å². The van der Waals surface area contributed by atoms with Crippen LogP contribution in [0.1, 0.15) is 10.6 Å². The second-order valence-electron chi connectivity index (χ2n) is 6.30. The molecule has 2 aromatic heterocycles. The summed E-state index contributed by atoms with van der Waals surface area (Å²) >= 11 is 9.24. The number of halogens is 2. The van der Waals surface area contributed by atoms with Crippen molar-refractivity contribution < 1.29 is 9.21 Å².